The van der Waals surface area contributed by atoms with E-state index in [0.29, 0.717) is 0 Å². The van der Waals surface area contributed by atoms with Crippen molar-refractivity contribution in [3.05, 3.63) is 30.5 Å². The van der Waals surface area contributed by atoms with Crippen molar-refractivity contribution in [2.45, 2.75) is 13.3 Å². The van der Waals surface area contributed by atoms with Gasteiger partial charge in [0.1, 0.15) is 5.75 Å². The van der Waals surface area contributed by atoms with Crippen LogP contribution in [0.2, 0.25) is 0 Å². The molecule has 0 saturated carbocycles. The quantitative estimate of drug-likeness (QED) is 0.724. The molecule has 1 aromatic heterocycles. The summed E-state index contributed by atoms with van der Waals surface area (Å²) in [6.45, 7) is 2.90. The van der Waals surface area contributed by atoms with Gasteiger partial charge in [0.15, 0.2) is 0 Å². The monoisotopic (exact) mass is 189 g/mol. The molecule has 0 bridgehead atoms. The van der Waals surface area contributed by atoms with E-state index in [4.69, 9.17) is 4.74 Å². The highest BCUT2D eigenvalue weighted by molar-refractivity contribution is 5.86. The first-order valence-electron chi connectivity index (χ1n) is 4.99. The molecule has 0 N–H and O–H groups in total. The second-order valence-corrected chi connectivity index (χ2v) is 3.46. The van der Waals surface area contributed by atoms with E-state index in [1.54, 1.807) is 0 Å². The van der Waals surface area contributed by atoms with Crippen molar-refractivity contribution in [1.29, 1.82) is 0 Å². The predicted molar refractivity (Wildman–Crippen MR) is 58.7 cm³/mol. The molecule has 2 nitrogen and oxygen atoms in total. The lowest BCUT2D eigenvalue weighted by Gasteiger charge is -2.05. The highest BCUT2D eigenvalue weighted by Gasteiger charge is 2.03. The molecule has 14 heavy (non-hydrogen) atoms. The standard InChI is InChI=1S/C12H15NO/c1-3-9-14-12-6-4-5-11-10(12)7-8-13(11)2/h4-8H,3,9H2,1-2H3. The van der Waals surface area contributed by atoms with Gasteiger partial charge in [0.25, 0.3) is 0 Å². The van der Waals surface area contributed by atoms with E-state index in [1.807, 2.05) is 19.2 Å². The van der Waals surface area contributed by atoms with Crippen LogP contribution in [0.15, 0.2) is 30.5 Å². The lowest BCUT2D eigenvalue weighted by molar-refractivity contribution is 0.321. The fourth-order valence-electron chi connectivity index (χ4n) is 1.61. The normalized spacial score (nSPS) is 10.7. The topological polar surface area (TPSA) is 14.2 Å². The molecule has 2 rings (SSSR count). The zero-order valence-corrected chi connectivity index (χ0v) is 8.66. The smallest absolute Gasteiger partial charge is 0.128 e. The second-order valence-electron chi connectivity index (χ2n) is 3.46. The summed E-state index contributed by atoms with van der Waals surface area (Å²) in [6.07, 6.45) is 3.10. The van der Waals surface area contributed by atoms with Crippen molar-refractivity contribution < 1.29 is 4.74 Å². The first kappa shape index (κ1) is 9.13. The van der Waals surface area contributed by atoms with Crippen LogP contribution in [0.25, 0.3) is 10.9 Å². The van der Waals surface area contributed by atoms with Crippen molar-refractivity contribution in [2.75, 3.05) is 6.61 Å². The molecule has 0 aliphatic heterocycles. The zero-order chi connectivity index (χ0) is 9.97. The third-order valence-corrected chi connectivity index (χ3v) is 2.35. The Kier molecular flexibility index (Phi) is 2.44. The SMILES string of the molecule is CCCOc1cccc2c1ccn2C. The van der Waals surface area contributed by atoms with Crippen molar-refractivity contribution >= 4 is 10.9 Å². The summed E-state index contributed by atoms with van der Waals surface area (Å²) >= 11 is 0. The zero-order valence-electron chi connectivity index (χ0n) is 8.66. The van der Waals surface area contributed by atoms with Gasteiger partial charge in [-0.15, -0.1) is 0 Å². The van der Waals surface area contributed by atoms with E-state index < -0.39 is 0 Å². The highest BCUT2D eigenvalue weighted by Crippen LogP contribution is 2.25. The Balaban J connectivity index is 2.44. The van der Waals surface area contributed by atoms with E-state index in [9.17, 15) is 0 Å². The van der Waals surface area contributed by atoms with Crippen molar-refractivity contribution in [3.63, 3.8) is 0 Å². The summed E-state index contributed by atoms with van der Waals surface area (Å²) in [6, 6.07) is 8.26. The Morgan fingerprint density at radius 2 is 2.14 bits per heavy atom. The van der Waals surface area contributed by atoms with Crippen molar-refractivity contribution in [3.8, 4) is 5.75 Å². The molecule has 74 valence electrons. The van der Waals surface area contributed by atoms with Gasteiger partial charge in [-0.3, -0.25) is 0 Å². The first-order valence-corrected chi connectivity index (χ1v) is 4.99. The van der Waals surface area contributed by atoms with E-state index in [1.165, 1.54) is 10.9 Å². The second kappa shape index (κ2) is 3.74. The minimum absolute atomic E-state index is 0.786. The summed E-state index contributed by atoms with van der Waals surface area (Å²) < 4.78 is 7.77. The number of fused-ring (bicyclic) bond motifs is 1. The molecular formula is C12H15NO. The van der Waals surface area contributed by atoms with Crippen LogP contribution in [-0.2, 0) is 7.05 Å². The predicted octanol–water partition coefficient (Wildman–Crippen LogP) is 2.97. The summed E-state index contributed by atoms with van der Waals surface area (Å²) in [5, 5.41) is 1.20. The number of hydrogen-bond donors (Lipinski definition) is 0. The van der Waals surface area contributed by atoms with E-state index in [-0.39, 0.29) is 0 Å². The number of rotatable bonds is 3. The van der Waals surface area contributed by atoms with Gasteiger partial charge >= 0.3 is 0 Å². The number of hydrogen-bond acceptors (Lipinski definition) is 1. The van der Waals surface area contributed by atoms with Crippen LogP contribution < -0.4 is 4.74 Å². The van der Waals surface area contributed by atoms with Gasteiger partial charge in [-0.05, 0) is 24.6 Å². The Hall–Kier alpha value is -1.44. The molecule has 0 saturated heterocycles. The van der Waals surface area contributed by atoms with Crippen molar-refractivity contribution in [1.82, 2.24) is 4.57 Å². The molecule has 1 heterocycles. The van der Waals surface area contributed by atoms with Crippen LogP contribution in [-0.4, -0.2) is 11.2 Å². The number of nitrogens with zero attached hydrogens (tertiary/aromatic N) is 1. The third kappa shape index (κ3) is 1.48. The van der Waals surface area contributed by atoms with Crippen LogP contribution in [0.5, 0.6) is 5.75 Å². The molecule has 0 radical (unpaired) electrons. The Bertz CT molecular complexity index is 431. The summed E-state index contributed by atoms with van der Waals surface area (Å²) in [4.78, 5) is 0. The third-order valence-electron chi connectivity index (χ3n) is 2.35. The fraction of sp³-hybridized carbons (Fsp3) is 0.333. The fourth-order valence-corrected chi connectivity index (χ4v) is 1.61. The highest BCUT2D eigenvalue weighted by atomic mass is 16.5. The molecular weight excluding hydrogens is 174 g/mol. The van der Waals surface area contributed by atoms with Gasteiger partial charge in [-0.1, -0.05) is 13.0 Å². The molecule has 1 aromatic carbocycles. The van der Waals surface area contributed by atoms with Crippen LogP contribution in [0.3, 0.4) is 0 Å². The van der Waals surface area contributed by atoms with E-state index in [2.05, 4.69) is 29.8 Å². The first-order chi connectivity index (χ1) is 6.83. The average Bonchev–Trinajstić information content (AvgIpc) is 2.58. The van der Waals surface area contributed by atoms with Gasteiger partial charge in [0.05, 0.1) is 12.1 Å². The molecule has 0 aliphatic carbocycles. The molecule has 0 spiro atoms. The Morgan fingerprint density at radius 1 is 1.29 bits per heavy atom. The lowest BCUT2D eigenvalue weighted by atomic mass is 10.2. The largest absolute Gasteiger partial charge is 0.493 e. The van der Waals surface area contributed by atoms with Gasteiger partial charge in [0, 0.05) is 18.6 Å². The van der Waals surface area contributed by atoms with Gasteiger partial charge < -0.3 is 9.30 Å². The van der Waals surface area contributed by atoms with Crippen LogP contribution in [0, 0.1) is 0 Å². The minimum Gasteiger partial charge on any atom is -0.493 e. The van der Waals surface area contributed by atoms with E-state index >= 15 is 0 Å². The Labute approximate surface area is 84.1 Å². The number of aromatic nitrogens is 1. The molecule has 0 aliphatic rings. The summed E-state index contributed by atoms with van der Waals surface area (Å²) in [5.74, 6) is 0.991. The van der Waals surface area contributed by atoms with Gasteiger partial charge in [-0.2, -0.15) is 0 Å². The maximum atomic E-state index is 5.67. The summed E-state index contributed by atoms with van der Waals surface area (Å²) in [7, 11) is 2.05. The van der Waals surface area contributed by atoms with Crippen LogP contribution in [0.4, 0.5) is 0 Å². The average molecular weight is 189 g/mol. The van der Waals surface area contributed by atoms with Gasteiger partial charge in [-0.25, -0.2) is 0 Å². The number of benzene rings is 1. The van der Waals surface area contributed by atoms with Gasteiger partial charge in [0.2, 0.25) is 0 Å². The van der Waals surface area contributed by atoms with Crippen LogP contribution >= 0.6 is 0 Å². The van der Waals surface area contributed by atoms with E-state index in [0.717, 1.165) is 18.8 Å². The number of aryl methyl sites for hydroxylation is 1. The summed E-state index contributed by atoms with van der Waals surface area (Å²) in [5.41, 5.74) is 1.22. The molecule has 0 amide bonds. The number of ether oxygens (including phenoxy) is 1. The maximum Gasteiger partial charge on any atom is 0.128 e. The molecule has 0 fully saturated rings. The lowest BCUT2D eigenvalue weighted by Crippen LogP contribution is -1.95. The molecule has 2 heteroatoms. The van der Waals surface area contributed by atoms with Crippen LogP contribution in [0.1, 0.15) is 13.3 Å². The molecule has 0 atom stereocenters. The van der Waals surface area contributed by atoms with Crippen molar-refractivity contribution in [2.24, 2.45) is 7.05 Å². The molecule has 0 unspecified atom stereocenters. The molecule has 2 aromatic rings. The Morgan fingerprint density at radius 3 is 2.93 bits per heavy atom. The minimum atomic E-state index is 0.786. The maximum absolute atomic E-state index is 5.67.